The highest BCUT2D eigenvalue weighted by atomic mass is 16.6. The number of hydrogen-bond acceptors (Lipinski definition) is 9. The number of nitrogens with zero attached hydrogens (tertiary/aromatic N) is 3. The number of ketones is 1. The molecule has 11 heteroatoms. The van der Waals surface area contributed by atoms with E-state index >= 15 is 0 Å². The molecule has 1 aliphatic carbocycles. The van der Waals surface area contributed by atoms with E-state index < -0.39 is 35.3 Å². The Morgan fingerprint density at radius 2 is 1.89 bits per heavy atom. The normalized spacial score (nSPS) is 31.8. The lowest BCUT2D eigenvalue weighted by molar-refractivity contribution is -0.143. The number of fused-ring (bicyclic) bond motifs is 5. The molecule has 2 aromatic rings. The average molecular weight is 637 g/mol. The highest BCUT2D eigenvalue weighted by Crippen LogP contribution is 2.50. The van der Waals surface area contributed by atoms with Crippen LogP contribution in [0.15, 0.2) is 18.2 Å². The maximum absolute atomic E-state index is 14.7. The molecule has 4 aliphatic rings. The van der Waals surface area contributed by atoms with Crippen LogP contribution < -0.4 is 14.8 Å². The highest BCUT2D eigenvalue weighted by Gasteiger charge is 2.55. The molecule has 1 N–H and O–H groups in total. The Kier molecular flexibility index (Phi) is 9.15. The van der Waals surface area contributed by atoms with Crippen molar-refractivity contribution >= 4 is 28.8 Å². The minimum atomic E-state index is -0.884. The number of hydrogen-bond donors (Lipinski definition) is 1. The monoisotopic (exact) mass is 636 g/mol. The Hall–Kier alpha value is -3.47. The Labute approximate surface area is 271 Å². The summed E-state index contributed by atoms with van der Waals surface area (Å²) in [6.45, 7) is 8.71. The Morgan fingerprint density at radius 3 is 2.61 bits per heavy atom. The van der Waals surface area contributed by atoms with Gasteiger partial charge in [-0.2, -0.15) is 0 Å². The first kappa shape index (κ1) is 32.5. The maximum atomic E-state index is 14.7. The van der Waals surface area contributed by atoms with Crippen molar-refractivity contribution in [2.45, 2.75) is 109 Å². The molecule has 250 valence electrons. The van der Waals surface area contributed by atoms with Crippen molar-refractivity contribution in [3.05, 3.63) is 23.9 Å². The number of carbonyl (C=O) groups excluding carboxylic acids is 3. The van der Waals surface area contributed by atoms with Crippen molar-refractivity contribution in [1.82, 2.24) is 20.2 Å². The number of Topliss-reactive ketones (excluding diaryl/α,β-unsaturated/α-hetero) is 1. The number of nitrogens with one attached hydrogen (secondary N) is 1. The van der Waals surface area contributed by atoms with Crippen LogP contribution in [0.4, 0.5) is 4.79 Å². The summed E-state index contributed by atoms with van der Waals surface area (Å²) in [7, 11) is 1.62. The summed E-state index contributed by atoms with van der Waals surface area (Å²) in [4.78, 5) is 52.9. The maximum Gasteiger partial charge on any atom is 0.408 e. The summed E-state index contributed by atoms with van der Waals surface area (Å²) < 4.78 is 23.8. The van der Waals surface area contributed by atoms with E-state index in [-0.39, 0.29) is 30.1 Å². The quantitative estimate of drug-likeness (QED) is 0.492. The van der Waals surface area contributed by atoms with E-state index in [2.05, 4.69) is 5.32 Å². The molecule has 0 radical (unpaired) electrons. The van der Waals surface area contributed by atoms with Crippen LogP contribution in [-0.4, -0.2) is 83.3 Å². The number of amides is 2. The van der Waals surface area contributed by atoms with Gasteiger partial charge in [0, 0.05) is 36.5 Å². The number of benzene rings is 1. The fourth-order valence-electron chi connectivity index (χ4n) is 7.83. The van der Waals surface area contributed by atoms with E-state index in [0.29, 0.717) is 56.0 Å². The first-order valence-corrected chi connectivity index (χ1v) is 16.9. The minimum Gasteiger partial charge on any atom is -0.497 e. The summed E-state index contributed by atoms with van der Waals surface area (Å²) in [5.41, 5.74) is 1.08. The Morgan fingerprint density at radius 1 is 1.11 bits per heavy atom. The van der Waals surface area contributed by atoms with Crippen LogP contribution in [0.2, 0.25) is 0 Å². The SMILES string of the molecule is CC[C@@H]1[C@@H]2CN(C(=O)[C@H](C3(C)CCOCC3)NC(=O)O[C@]3(C)C[C@H]3CCCCCc3nc4ccc(OC)cc4nc3O2)[C@@H]1C(C)=O. The van der Waals surface area contributed by atoms with Gasteiger partial charge in [0.25, 0.3) is 0 Å². The fourth-order valence-corrected chi connectivity index (χ4v) is 7.83. The lowest BCUT2D eigenvalue weighted by Crippen LogP contribution is -2.59. The molecule has 1 aromatic heterocycles. The van der Waals surface area contributed by atoms with Gasteiger partial charge in [0.1, 0.15) is 29.2 Å². The van der Waals surface area contributed by atoms with Crippen molar-refractivity contribution in [3.8, 4) is 11.6 Å². The third-order valence-corrected chi connectivity index (χ3v) is 10.9. The largest absolute Gasteiger partial charge is 0.497 e. The number of ether oxygens (including phenoxy) is 4. The van der Waals surface area contributed by atoms with E-state index in [9.17, 15) is 14.4 Å². The Balaban J connectivity index is 1.39. The molecule has 4 heterocycles. The van der Waals surface area contributed by atoms with Crippen molar-refractivity contribution in [1.29, 1.82) is 0 Å². The van der Waals surface area contributed by atoms with Gasteiger partial charge in [0.15, 0.2) is 5.78 Å². The van der Waals surface area contributed by atoms with E-state index in [1.807, 2.05) is 39.0 Å². The number of methoxy groups -OCH3 is 1. The van der Waals surface area contributed by atoms with E-state index in [1.54, 1.807) is 12.0 Å². The fraction of sp³-hybridized carbons (Fsp3) is 0.686. The van der Waals surface area contributed by atoms with E-state index in [0.717, 1.165) is 43.3 Å². The summed E-state index contributed by atoms with van der Waals surface area (Å²) >= 11 is 0. The molecule has 11 nitrogen and oxygen atoms in total. The summed E-state index contributed by atoms with van der Waals surface area (Å²) in [5.74, 6) is 0.726. The van der Waals surface area contributed by atoms with E-state index in [1.165, 1.54) is 6.92 Å². The summed E-state index contributed by atoms with van der Waals surface area (Å²) in [6, 6.07) is 4.04. The lowest BCUT2D eigenvalue weighted by Gasteiger charge is -2.42. The van der Waals surface area contributed by atoms with Gasteiger partial charge < -0.3 is 29.2 Å². The molecule has 0 spiro atoms. The van der Waals surface area contributed by atoms with Gasteiger partial charge in [-0.05, 0) is 70.9 Å². The van der Waals surface area contributed by atoms with Crippen molar-refractivity contribution in [3.63, 3.8) is 0 Å². The number of carbonyl (C=O) groups is 3. The third-order valence-electron chi connectivity index (χ3n) is 10.9. The smallest absolute Gasteiger partial charge is 0.408 e. The molecule has 6 rings (SSSR count). The van der Waals surface area contributed by atoms with Crippen LogP contribution in [-0.2, 0) is 25.5 Å². The second kappa shape index (κ2) is 13.0. The second-order valence-electron chi connectivity index (χ2n) is 14.2. The third kappa shape index (κ3) is 6.39. The molecular formula is C35H48N4O7. The zero-order chi connectivity index (χ0) is 32.6. The molecular weight excluding hydrogens is 588 g/mol. The van der Waals surface area contributed by atoms with Crippen molar-refractivity contribution in [2.24, 2.45) is 17.3 Å². The van der Waals surface area contributed by atoms with Gasteiger partial charge >= 0.3 is 6.09 Å². The molecule has 2 amide bonds. The zero-order valence-electron chi connectivity index (χ0n) is 27.8. The molecule has 0 unspecified atom stereocenters. The molecule has 3 aliphatic heterocycles. The van der Waals surface area contributed by atoms with Gasteiger partial charge in [-0.3, -0.25) is 9.59 Å². The summed E-state index contributed by atoms with van der Waals surface area (Å²) in [6.07, 6.45) is 6.11. The first-order valence-electron chi connectivity index (χ1n) is 16.9. The van der Waals surface area contributed by atoms with E-state index in [4.69, 9.17) is 28.9 Å². The average Bonchev–Trinajstić information content (AvgIpc) is 3.50. The van der Waals surface area contributed by atoms with Gasteiger partial charge in [-0.25, -0.2) is 14.8 Å². The second-order valence-corrected chi connectivity index (χ2v) is 14.2. The van der Waals surface area contributed by atoms with Gasteiger partial charge in [0.05, 0.1) is 30.7 Å². The van der Waals surface area contributed by atoms with Crippen LogP contribution in [0, 0.1) is 17.3 Å². The number of rotatable bonds is 4. The lowest BCUT2D eigenvalue weighted by atomic mass is 9.75. The van der Waals surface area contributed by atoms with Gasteiger partial charge in [-0.15, -0.1) is 0 Å². The van der Waals surface area contributed by atoms with Crippen LogP contribution in [0.3, 0.4) is 0 Å². The highest BCUT2D eigenvalue weighted by molar-refractivity contribution is 5.93. The van der Waals surface area contributed by atoms with Crippen LogP contribution in [0.5, 0.6) is 11.6 Å². The molecule has 1 saturated carbocycles. The van der Waals surface area contributed by atoms with Crippen LogP contribution in [0.1, 0.15) is 84.8 Å². The van der Waals surface area contributed by atoms with Crippen molar-refractivity contribution in [2.75, 3.05) is 26.9 Å². The molecule has 2 bridgehead atoms. The standard InChI is InChI=1S/C35H48N4O7/c1-6-24-28-20-39(29(24)21(2)40)32(41)30(34(3)14-16-44-17-15-34)38-33(42)46-35(4)19-22(35)10-8-7-9-11-26-31(45-28)37-27-18-23(43-5)12-13-25(27)36-26/h12-13,18,22,24,28-30H,6-11,14-17,19-20H2,1-5H3,(H,38,42)/t22-,24-,28+,29-,30-,35-/m1/s1. The first-order chi connectivity index (χ1) is 22.0. The molecule has 3 fully saturated rings. The van der Waals surface area contributed by atoms with Crippen LogP contribution in [0.25, 0.3) is 11.0 Å². The number of aryl methyl sites for hydroxylation is 1. The van der Waals surface area contributed by atoms with Crippen LogP contribution >= 0.6 is 0 Å². The van der Waals surface area contributed by atoms with Gasteiger partial charge in [0.2, 0.25) is 11.8 Å². The topological polar surface area (TPSA) is 129 Å². The Bertz CT molecular complexity index is 1480. The molecule has 6 atom stereocenters. The van der Waals surface area contributed by atoms with Crippen molar-refractivity contribution < 1.29 is 33.3 Å². The number of alkyl carbamates (subject to hydrolysis) is 1. The van der Waals surface area contributed by atoms with Gasteiger partial charge in [-0.1, -0.05) is 26.7 Å². The minimum absolute atomic E-state index is 0.112. The summed E-state index contributed by atoms with van der Waals surface area (Å²) in [5, 5.41) is 2.99. The molecule has 1 aromatic carbocycles. The number of aromatic nitrogens is 2. The predicted octanol–water partition coefficient (Wildman–Crippen LogP) is 5.02. The zero-order valence-corrected chi connectivity index (χ0v) is 27.8. The molecule has 2 saturated heterocycles. The predicted molar refractivity (Wildman–Crippen MR) is 171 cm³/mol. The molecule has 46 heavy (non-hydrogen) atoms.